The fraction of sp³-hybridized carbons (Fsp3) is 0.923. The van der Waals surface area contributed by atoms with Crippen molar-refractivity contribution in [2.24, 2.45) is 4.99 Å². The Hall–Kier alpha value is -0.810. The van der Waals surface area contributed by atoms with Crippen LogP contribution >= 0.6 is 0 Å². The van der Waals surface area contributed by atoms with Crippen LogP contribution in [0.15, 0.2) is 4.99 Å². The topological polar surface area (TPSA) is 54.9 Å². The molecule has 0 atom stereocenters. The molecule has 18 heavy (non-hydrogen) atoms. The predicted molar refractivity (Wildman–Crippen MR) is 76.2 cm³/mol. The largest absolute Gasteiger partial charge is 0.382 e. The first kappa shape index (κ1) is 17.2. The normalized spacial score (nSPS) is 11.6. The van der Waals surface area contributed by atoms with E-state index in [4.69, 9.17) is 9.47 Å². The predicted octanol–water partition coefficient (Wildman–Crippen LogP) is 1.39. The summed E-state index contributed by atoms with van der Waals surface area (Å²) in [6.45, 7) is 8.75. The maximum atomic E-state index is 5.38. The van der Waals surface area contributed by atoms with E-state index in [1.807, 2.05) is 0 Å². The Morgan fingerprint density at radius 1 is 1.06 bits per heavy atom. The van der Waals surface area contributed by atoms with Gasteiger partial charge in [0.1, 0.15) is 0 Å². The zero-order chi connectivity index (χ0) is 13.5. The molecule has 0 aliphatic carbocycles. The van der Waals surface area contributed by atoms with Gasteiger partial charge >= 0.3 is 0 Å². The fourth-order valence-corrected chi connectivity index (χ4v) is 1.38. The van der Waals surface area contributed by atoms with Crippen molar-refractivity contribution < 1.29 is 9.47 Å². The second-order valence-electron chi connectivity index (χ2n) is 4.00. The van der Waals surface area contributed by atoms with Crippen molar-refractivity contribution in [1.29, 1.82) is 0 Å². The number of aliphatic imine (C=N–C) groups is 1. The standard InChI is InChI=1S/C13H29N3O2/c1-4-6-7-8-15-13(14-5-2)16-9-10-18-12-11-17-3/h4-12H2,1-3H3,(H2,14,15,16). The molecule has 0 aromatic carbocycles. The van der Waals surface area contributed by atoms with Crippen molar-refractivity contribution in [1.82, 2.24) is 10.6 Å². The van der Waals surface area contributed by atoms with Gasteiger partial charge in [-0.25, -0.2) is 0 Å². The van der Waals surface area contributed by atoms with Crippen LogP contribution in [0.3, 0.4) is 0 Å². The molecule has 108 valence electrons. The Bertz CT molecular complexity index is 199. The number of guanidine groups is 1. The highest BCUT2D eigenvalue weighted by atomic mass is 16.5. The zero-order valence-electron chi connectivity index (χ0n) is 12.1. The fourth-order valence-electron chi connectivity index (χ4n) is 1.38. The summed E-state index contributed by atoms with van der Waals surface area (Å²) >= 11 is 0. The molecule has 0 aromatic rings. The van der Waals surface area contributed by atoms with Crippen LogP contribution in [0.25, 0.3) is 0 Å². The average molecular weight is 259 g/mol. The molecule has 0 bridgehead atoms. The zero-order valence-corrected chi connectivity index (χ0v) is 12.1. The third-order valence-corrected chi connectivity index (χ3v) is 2.35. The molecule has 0 aliphatic rings. The van der Waals surface area contributed by atoms with E-state index >= 15 is 0 Å². The summed E-state index contributed by atoms with van der Waals surface area (Å²) in [4.78, 5) is 4.50. The summed E-state index contributed by atoms with van der Waals surface area (Å²) in [7, 11) is 1.67. The Morgan fingerprint density at radius 3 is 2.56 bits per heavy atom. The molecule has 0 saturated heterocycles. The van der Waals surface area contributed by atoms with E-state index in [9.17, 15) is 0 Å². The van der Waals surface area contributed by atoms with Gasteiger partial charge in [0.15, 0.2) is 5.96 Å². The van der Waals surface area contributed by atoms with E-state index in [1.54, 1.807) is 7.11 Å². The van der Waals surface area contributed by atoms with Gasteiger partial charge in [0.25, 0.3) is 0 Å². The smallest absolute Gasteiger partial charge is 0.191 e. The minimum atomic E-state index is 0.641. The first-order chi connectivity index (χ1) is 8.85. The first-order valence-corrected chi connectivity index (χ1v) is 6.94. The van der Waals surface area contributed by atoms with Crippen molar-refractivity contribution in [2.45, 2.75) is 33.1 Å². The second-order valence-corrected chi connectivity index (χ2v) is 4.00. The molecule has 5 nitrogen and oxygen atoms in total. The third kappa shape index (κ3) is 11.7. The molecule has 0 amide bonds. The highest BCUT2D eigenvalue weighted by Gasteiger charge is 1.96. The average Bonchev–Trinajstić information content (AvgIpc) is 2.38. The van der Waals surface area contributed by atoms with Crippen molar-refractivity contribution >= 4 is 5.96 Å². The maximum Gasteiger partial charge on any atom is 0.191 e. The number of ether oxygens (including phenoxy) is 2. The van der Waals surface area contributed by atoms with E-state index < -0.39 is 0 Å². The summed E-state index contributed by atoms with van der Waals surface area (Å²) in [5.74, 6) is 0.879. The number of methoxy groups -OCH3 is 1. The SMILES string of the molecule is CCCCCN=C(NCC)NCCOCCOC. The second kappa shape index (κ2) is 14.3. The van der Waals surface area contributed by atoms with Gasteiger partial charge in [-0.1, -0.05) is 19.8 Å². The van der Waals surface area contributed by atoms with Gasteiger partial charge in [-0.15, -0.1) is 0 Å². The summed E-state index contributed by atoms with van der Waals surface area (Å²) in [6.07, 6.45) is 3.62. The number of nitrogens with one attached hydrogen (secondary N) is 2. The Morgan fingerprint density at radius 2 is 1.89 bits per heavy atom. The molecule has 2 N–H and O–H groups in total. The molecule has 0 radical (unpaired) electrons. The van der Waals surface area contributed by atoms with Crippen LogP contribution in [0.5, 0.6) is 0 Å². The van der Waals surface area contributed by atoms with Crippen LogP contribution in [0.1, 0.15) is 33.1 Å². The van der Waals surface area contributed by atoms with Gasteiger partial charge in [0, 0.05) is 26.7 Å². The number of hydrogen-bond acceptors (Lipinski definition) is 3. The first-order valence-electron chi connectivity index (χ1n) is 6.94. The van der Waals surface area contributed by atoms with Gasteiger partial charge in [-0.3, -0.25) is 4.99 Å². The van der Waals surface area contributed by atoms with Crippen LogP contribution in [0.4, 0.5) is 0 Å². The van der Waals surface area contributed by atoms with Gasteiger partial charge in [0.05, 0.1) is 19.8 Å². The Balaban J connectivity index is 3.61. The molecule has 0 unspecified atom stereocenters. The molecular formula is C13H29N3O2. The molecule has 0 fully saturated rings. The van der Waals surface area contributed by atoms with E-state index in [1.165, 1.54) is 12.8 Å². The van der Waals surface area contributed by atoms with Crippen LogP contribution in [0, 0.1) is 0 Å². The molecule has 0 rings (SSSR count). The van der Waals surface area contributed by atoms with Crippen LogP contribution in [-0.2, 0) is 9.47 Å². The lowest BCUT2D eigenvalue weighted by atomic mass is 10.2. The van der Waals surface area contributed by atoms with Gasteiger partial charge in [-0.05, 0) is 13.3 Å². The van der Waals surface area contributed by atoms with Crippen molar-refractivity contribution in [3.63, 3.8) is 0 Å². The maximum absolute atomic E-state index is 5.38. The van der Waals surface area contributed by atoms with E-state index in [-0.39, 0.29) is 0 Å². The van der Waals surface area contributed by atoms with Gasteiger partial charge in [-0.2, -0.15) is 0 Å². The van der Waals surface area contributed by atoms with Crippen molar-refractivity contribution in [3.05, 3.63) is 0 Å². The summed E-state index contributed by atoms with van der Waals surface area (Å²) in [6, 6.07) is 0. The van der Waals surface area contributed by atoms with E-state index in [0.717, 1.165) is 32.0 Å². The Labute approximate surface area is 111 Å². The molecule has 0 aromatic heterocycles. The van der Waals surface area contributed by atoms with Crippen LogP contribution < -0.4 is 10.6 Å². The molecule has 0 aliphatic heterocycles. The molecule has 0 saturated carbocycles. The highest BCUT2D eigenvalue weighted by molar-refractivity contribution is 5.79. The third-order valence-electron chi connectivity index (χ3n) is 2.35. The lowest BCUT2D eigenvalue weighted by Gasteiger charge is -2.11. The molecule has 0 heterocycles. The lowest BCUT2D eigenvalue weighted by molar-refractivity contribution is 0.0733. The monoisotopic (exact) mass is 259 g/mol. The van der Waals surface area contributed by atoms with E-state index in [0.29, 0.717) is 19.8 Å². The number of nitrogens with zero attached hydrogens (tertiary/aromatic N) is 1. The van der Waals surface area contributed by atoms with Gasteiger partial charge < -0.3 is 20.1 Å². The summed E-state index contributed by atoms with van der Waals surface area (Å²) < 4.78 is 10.3. The molecule has 5 heteroatoms. The van der Waals surface area contributed by atoms with Crippen molar-refractivity contribution in [3.8, 4) is 0 Å². The van der Waals surface area contributed by atoms with Gasteiger partial charge in [0.2, 0.25) is 0 Å². The molecular weight excluding hydrogens is 230 g/mol. The van der Waals surface area contributed by atoms with Crippen molar-refractivity contribution in [2.75, 3.05) is 46.6 Å². The number of hydrogen-bond donors (Lipinski definition) is 2. The van der Waals surface area contributed by atoms with E-state index in [2.05, 4.69) is 29.5 Å². The minimum absolute atomic E-state index is 0.641. The minimum Gasteiger partial charge on any atom is -0.382 e. The quantitative estimate of drug-likeness (QED) is 0.334. The van der Waals surface area contributed by atoms with Crippen LogP contribution in [-0.4, -0.2) is 52.5 Å². The van der Waals surface area contributed by atoms with Crippen LogP contribution in [0.2, 0.25) is 0 Å². The molecule has 0 spiro atoms. The lowest BCUT2D eigenvalue weighted by Crippen LogP contribution is -2.39. The Kier molecular flexibility index (Phi) is 13.6. The highest BCUT2D eigenvalue weighted by Crippen LogP contribution is 1.93. The number of unbranched alkanes of at least 4 members (excludes halogenated alkanes) is 2. The number of rotatable bonds is 11. The summed E-state index contributed by atoms with van der Waals surface area (Å²) in [5, 5.41) is 6.47. The summed E-state index contributed by atoms with van der Waals surface area (Å²) in [5.41, 5.74) is 0.